The number of hydrogen-bond acceptors (Lipinski definition) is 4. The van der Waals surface area contributed by atoms with E-state index in [1.807, 2.05) is 4.90 Å². The number of carbonyl (C=O) groups is 2. The minimum atomic E-state index is -4.38. The van der Waals surface area contributed by atoms with E-state index in [1.54, 1.807) is 35.2 Å². The van der Waals surface area contributed by atoms with Gasteiger partial charge in [-0.25, -0.2) is 0 Å². The van der Waals surface area contributed by atoms with E-state index in [9.17, 15) is 22.8 Å². The smallest absolute Gasteiger partial charge is 0.416 e. The summed E-state index contributed by atoms with van der Waals surface area (Å²) in [5.74, 6) is -0.249. The lowest BCUT2D eigenvalue weighted by Crippen LogP contribution is -2.48. The van der Waals surface area contributed by atoms with Crippen molar-refractivity contribution in [2.75, 3.05) is 31.1 Å². The van der Waals surface area contributed by atoms with E-state index in [-0.39, 0.29) is 5.91 Å². The van der Waals surface area contributed by atoms with Crippen LogP contribution in [0.1, 0.15) is 22.8 Å². The second kappa shape index (κ2) is 7.92. The summed E-state index contributed by atoms with van der Waals surface area (Å²) in [4.78, 5) is 27.0. The third kappa shape index (κ3) is 4.62. The quantitative estimate of drug-likeness (QED) is 0.592. The fourth-order valence-electron chi connectivity index (χ4n) is 3.06. The molecule has 1 heterocycles. The Kier molecular flexibility index (Phi) is 5.58. The number of carbonyl (C=O) groups excluding carboxylic acids is 2. The predicted molar refractivity (Wildman–Crippen MR) is 97.3 cm³/mol. The highest BCUT2D eigenvalue weighted by Crippen LogP contribution is 2.32. The lowest BCUT2D eigenvalue weighted by molar-refractivity contribution is -0.137. The zero-order valence-corrected chi connectivity index (χ0v) is 15.2. The number of anilines is 1. The second-order valence-electron chi connectivity index (χ2n) is 6.45. The molecule has 5 nitrogen and oxygen atoms in total. The largest absolute Gasteiger partial charge is 0.427 e. The Morgan fingerprint density at radius 1 is 0.964 bits per heavy atom. The maximum absolute atomic E-state index is 12.9. The summed E-state index contributed by atoms with van der Waals surface area (Å²) < 4.78 is 43.6. The van der Waals surface area contributed by atoms with Crippen molar-refractivity contribution < 1.29 is 27.5 Å². The maximum atomic E-state index is 12.9. The summed E-state index contributed by atoms with van der Waals surface area (Å²) in [6, 6.07) is 11.5. The van der Waals surface area contributed by atoms with Gasteiger partial charge in [0.25, 0.3) is 5.91 Å². The van der Waals surface area contributed by atoms with Gasteiger partial charge in [0.15, 0.2) is 0 Å². The molecule has 3 rings (SSSR count). The van der Waals surface area contributed by atoms with Gasteiger partial charge in [-0.05, 0) is 42.5 Å². The van der Waals surface area contributed by atoms with Crippen molar-refractivity contribution in [1.82, 2.24) is 4.90 Å². The molecule has 2 aromatic carbocycles. The van der Waals surface area contributed by atoms with Crippen molar-refractivity contribution in [1.29, 1.82) is 0 Å². The molecule has 8 heteroatoms. The number of halogens is 3. The third-order valence-electron chi connectivity index (χ3n) is 4.47. The van der Waals surface area contributed by atoms with Gasteiger partial charge in [-0.2, -0.15) is 13.2 Å². The lowest BCUT2D eigenvalue weighted by atomic mass is 10.1. The fraction of sp³-hybridized carbons (Fsp3) is 0.300. The number of amides is 1. The van der Waals surface area contributed by atoms with Gasteiger partial charge in [0.1, 0.15) is 5.75 Å². The molecule has 0 saturated carbocycles. The topological polar surface area (TPSA) is 49.9 Å². The van der Waals surface area contributed by atoms with E-state index >= 15 is 0 Å². The molecule has 28 heavy (non-hydrogen) atoms. The molecule has 0 aliphatic carbocycles. The first-order valence-corrected chi connectivity index (χ1v) is 8.74. The molecule has 1 amide bonds. The minimum Gasteiger partial charge on any atom is -0.427 e. The molecule has 0 unspecified atom stereocenters. The molecule has 0 radical (unpaired) electrons. The van der Waals surface area contributed by atoms with Crippen LogP contribution in [0.25, 0.3) is 0 Å². The average Bonchev–Trinajstić information content (AvgIpc) is 2.67. The molecule has 0 bridgehead atoms. The molecule has 1 saturated heterocycles. The van der Waals surface area contributed by atoms with E-state index in [0.29, 0.717) is 43.2 Å². The average molecular weight is 392 g/mol. The molecule has 2 aromatic rings. The van der Waals surface area contributed by atoms with Crippen LogP contribution in [0.2, 0.25) is 0 Å². The van der Waals surface area contributed by atoms with Crippen LogP contribution in [0.4, 0.5) is 18.9 Å². The van der Waals surface area contributed by atoms with Crippen molar-refractivity contribution in [3.05, 3.63) is 59.7 Å². The van der Waals surface area contributed by atoms with E-state index in [1.165, 1.54) is 13.0 Å². The molecular weight excluding hydrogens is 373 g/mol. The number of alkyl halides is 3. The first-order valence-electron chi connectivity index (χ1n) is 8.74. The Morgan fingerprint density at radius 2 is 1.61 bits per heavy atom. The SMILES string of the molecule is CC(=O)Oc1ccc(C(=O)N2CCN(c3cccc(C(F)(F)F)c3)CC2)cc1. The van der Waals surface area contributed by atoms with Crippen molar-refractivity contribution in [2.24, 2.45) is 0 Å². The van der Waals surface area contributed by atoms with Crippen molar-refractivity contribution in [2.45, 2.75) is 13.1 Å². The van der Waals surface area contributed by atoms with E-state index in [4.69, 9.17) is 4.74 Å². The number of benzene rings is 2. The highest BCUT2D eigenvalue weighted by molar-refractivity contribution is 5.94. The summed E-state index contributed by atoms with van der Waals surface area (Å²) in [7, 11) is 0. The number of nitrogens with zero attached hydrogens (tertiary/aromatic N) is 2. The van der Waals surface area contributed by atoms with Crippen LogP contribution in [0, 0.1) is 0 Å². The molecule has 0 atom stereocenters. The van der Waals surface area contributed by atoms with Gasteiger partial charge >= 0.3 is 12.1 Å². The Bertz CT molecular complexity index is 858. The van der Waals surface area contributed by atoms with Crippen molar-refractivity contribution in [3.63, 3.8) is 0 Å². The Morgan fingerprint density at radius 3 is 2.18 bits per heavy atom. The van der Waals surface area contributed by atoms with Crippen LogP contribution in [0.15, 0.2) is 48.5 Å². The third-order valence-corrected chi connectivity index (χ3v) is 4.47. The van der Waals surface area contributed by atoms with Crippen molar-refractivity contribution >= 4 is 17.6 Å². The van der Waals surface area contributed by atoms with Crippen LogP contribution in [0.5, 0.6) is 5.75 Å². The number of piperazine rings is 1. The van der Waals surface area contributed by atoms with Gasteiger partial charge in [0.2, 0.25) is 0 Å². The van der Waals surface area contributed by atoms with Gasteiger partial charge in [-0.1, -0.05) is 6.07 Å². The second-order valence-corrected chi connectivity index (χ2v) is 6.45. The van der Waals surface area contributed by atoms with Gasteiger partial charge in [0, 0.05) is 44.4 Å². The van der Waals surface area contributed by atoms with Crippen LogP contribution in [-0.4, -0.2) is 43.0 Å². The molecule has 0 aromatic heterocycles. The first kappa shape index (κ1) is 19.7. The summed E-state index contributed by atoms with van der Waals surface area (Å²) in [5.41, 5.74) is 0.271. The van der Waals surface area contributed by atoms with E-state index < -0.39 is 17.7 Å². The van der Waals surface area contributed by atoms with Gasteiger partial charge in [0.05, 0.1) is 5.56 Å². The van der Waals surface area contributed by atoms with Gasteiger partial charge in [-0.3, -0.25) is 9.59 Å². The number of hydrogen-bond donors (Lipinski definition) is 0. The Balaban J connectivity index is 1.62. The zero-order valence-electron chi connectivity index (χ0n) is 15.2. The molecule has 1 aliphatic heterocycles. The number of rotatable bonds is 3. The summed E-state index contributed by atoms with van der Waals surface area (Å²) in [6.45, 7) is 2.99. The van der Waals surface area contributed by atoms with Crippen molar-refractivity contribution in [3.8, 4) is 5.75 Å². The van der Waals surface area contributed by atoms with Crippen LogP contribution < -0.4 is 9.64 Å². The molecule has 1 fully saturated rings. The highest BCUT2D eigenvalue weighted by Gasteiger charge is 2.31. The minimum absolute atomic E-state index is 0.168. The monoisotopic (exact) mass is 392 g/mol. The molecule has 0 spiro atoms. The van der Waals surface area contributed by atoms with E-state index in [2.05, 4.69) is 0 Å². The summed E-state index contributed by atoms with van der Waals surface area (Å²) in [6.07, 6.45) is -4.38. The predicted octanol–water partition coefficient (Wildman–Crippen LogP) is 3.59. The van der Waals surface area contributed by atoms with Crippen LogP contribution in [-0.2, 0) is 11.0 Å². The molecule has 148 valence electrons. The van der Waals surface area contributed by atoms with Crippen LogP contribution >= 0.6 is 0 Å². The van der Waals surface area contributed by atoms with Crippen LogP contribution in [0.3, 0.4) is 0 Å². The standard InChI is InChI=1S/C20H19F3N2O3/c1-14(26)28-18-7-5-15(6-8-18)19(27)25-11-9-24(10-12-25)17-4-2-3-16(13-17)20(21,22)23/h2-8,13H,9-12H2,1H3. The maximum Gasteiger partial charge on any atom is 0.416 e. The first-order chi connectivity index (χ1) is 13.2. The number of esters is 1. The molecule has 0 N–H and O–H groups in total. The lowest BCUT2D eigenvalue weighted by Gasteiger charge is -2.36. The Hall–Kier alpha value is -3.03. The number of ether oxygens (including phenoxy) is 1. The van der Waals surface area contributed by atoms with E-state index in [0.717, 1.165) is 12.1 Å². The highest BCUT2D eigenvalue weighted by atomic mass is 19.4. The molecular formula is C20H19F3N2O3. The summed E-state index contributed by atoms with van der Waals surface area (Å²) >= 11 is 0. The fourth-order valence-corrected chi connectivity index (χ4v) is 3.06. The van der Waals surface area contributed by atoms with Gasteiger partial charge < -0.3 is 14.5 Å². The Labute approximate surface area is 160 Å². The van der Waals surface area contributed by atoms with Gasteiger partial charge in [-0.15, -0.1) is 0 Å². The summed E-state index contributed by atoms with van der Waals surface area (Å²) in [5, 5.41) is 0. The molecule has 1 aliphatic rings. The normalized spacial score (nSPS) is 14.7. The zero-order chi connectivity index (χ0) is 20.3.